The summed E-state index contributed by atoms with van der Waals surface area (Å²) in [5, 5.41) is 3.09. The van der Waals surface area contributed by atoms with Gasteiger partial charge in [0.15, 0.2) is 0 Å². The van der Waals surface area contributed by atoms with E-state index in [1.807, 2.05) is 34.5 Å². The summed E-state index contributed by atoms with van der Waals surface area (Å²) in [6.07, 6.45) is 3.93. The van der Waals surface area contributed by atoms with Gasteiger partial charge >= 0.3 is 0 Å². The topological polar surface area (TPSA) is 51.7 Å². The first kappa shape index (κ1) is 15.6. The molecule has 2 saturated heterocycles. The average molecular weight is 344 g/mol. The maximum absolute atomic E-state index is 11.8. The predicted octanol–water partition coefficient (Wildman–Crippen LogP) is 3.70. The third kappa shape index (κ3) is 3.30. The van der Waals surface area contributed by atoms with Gasteiger partial charge < -0.3 is 14.4 Å². The molecule has 0 N–H and O–H groups in total. The van der Waals surface area contributed by atoms with Gasteiger partial charge in [0.25, 0.3) is 0 Å². The van der Waals surface area contributed by atoms with Crippen LogP contribution in [0.15, 0.2) is 29.6 Å². The molecule has 2 aliphatic heterocycles. The molecule has 126 valence electrons. The van der Waals surface area contributed by atoms with E-state index < -0.39 is 0 Å². The Labute approximate surface area is 145 Å². The number of carbonyl (C=O) groups is 1. The molecule has 0 aliphatic carbocycles. The summed E-state index contributed by atoms with van der Waals surface area (Å²) in [5.41, 5.74) is 1.88. The SMILES string of the molecule is O=C1CCCN1c1ccc(OCc2csc([C@H]3CCCO3)n2)cc1. The second-order valence-corrected chi connectivity index (χ2v) is 7.00. The minimum absolute atomic E-state index is 0.168. The third-order valence-electron chi connectivity index (χ3n) is 4.38. The molecule has 6 heteroatoms. The van der Waals surface area contributed by atoms with Crippen molar-refractivity contribution in [1.82, 2.24) is 4.98 Å². The number of aromatic nitrogens is 1. The van der Waals surface area contributed by atoms with Crippen molar-refractivity contribution in [1.29, 1.82) is 0 Å². The van der Waals surface area contributed by atoms with Crippen LogP contribution in [0.25, 0.3) is 0 Å². The van der Waals surface area contributed by atoms with Crippen LogP contribution in [0.2, 0.25) is 0 Å². The van der Waals surface area contributed by atoms with E-state index in [1.54, 1.807) is 11.3 Å². The number of hydrogen-bond acceptors (Lipinski definition) is 5. The van der Waals surface area contributed by atoms with E-state index in [1.165, 1.54) is 0 Å². The zero-order valence-electron chi connectivity index (χ0n) is 13.4. The standard InChI is InChI=1S/C18H20N2O3S/c21-17-4-1-9-20(17)14-5-7-15(8-6-14)23-11-13-12-24-18(19-13)16-3-2-10-22-16/h5-8,12,16H,1-4,9-11H2/t16-/m1/s1. The van der Waals surface area contributed by atoms with Gasteiger partial charge in [-0.25, -0.2) is 4.98 Å². The van der Waals surface area contributed by atoms with E-state index in [0.717, 1.165) is 54.6 Å². The van der Waals surface area contributed by atoms with Gasteiger partial charge in [0.2, 0.25) is 5.91 Å². The maximum Gasteiger partial charge on any atom is 0.227 e. The fourth-order valence-corrected chi connectivity index (χ4v) is 4.00. The lowest BCUT2D eigenvalue weighted by atomic mass is 10.2. The Morgan fingerprint density at radius 1 is 1.29 bits per heavy atom. The van der Waals surface area contributed by atoms with Crippen molar-refractivity contribution in [3.63, 3.8) is 0 Å². The van der Waals surface area contributed by atoms with Crippen LogP contribution in [0.5, 0.6) is 5.75 Å². The molecule has 5 nitrogen and oxygen atoms in total. The van der Waals surface area contributed by atoms with E-state index in [9.17, 15) is 4.79 Å². The van der Waals surface area contributed by atoms with Crippen LogP contribution in [0, 0.1) is 0 Å². The Morgan fingerprint density at radius 2 is 2.17 bits per heavy atom. The van der Waals surface area contributed by atoms with Crippen molar-refractivity contribution in [2.24, 2.45) is 0 Å². The summed E-state index contributed by atoms with van der Waals surface area (Å²) in [6, 6.07) is 7.71. The molecule has 4 rings (SSSR count). The molecule has 2 aromatic rings. The van der Waals surface area contributed by atoms with Crippen LogP contribution in [0.3, 0.4) is 0 Å². The van der Waals surface area contributed by atoms with Crippen molar-refractivity contribution in [2.75, 3.05) is 18.1 Å². The van der Waals surface area contributed by atoms with Gasteiger partial charge in [0, 0.05) is 30.6 Å². The number of thiazole rings is 1. The first-order valence-corrected chi connectivity index (χ1v) is 9.27. The molecule has 0 bridgehead atoms. The third-order valence-corrected chi connectivity index (χ3v) is 5.37. The fourth-order valence-electron chi connectivity index (χ4n) is 3.11. The number of nitrogens with zero attached hydrogens (tertiary/aromatic N) is 2. The van der Waals surface area contributed by atoms with Crippen LogP contribution in [-0.2, 0) is 16.1 Å². The molecule has 0 spiro atoms. The molecule has 0 radical (unpaired) electrons. The van der Waals surface area contributed by atoms with Crippen LogP contribution in [-0.4, -0.2) is 24.0 Å². The highest BCUT2D eigenvalue weighted by Crippen LogP contribution is 2.31. The van der Waals surface area contributed by atoms with E-state index >= 15 is 0 Å². The second-order valence-electron chi connectivity index (χ2n) is 6.11. The van der Waals surface area contributed by atoms with E-state index in [-0.39, 0.29) is 12.0 Å². The highest BCUT2D eigenvalue weighted by molar-refractivity contribution is 7.09. The summed E-state index contributed by atoms with van der Waals surface area (Å²) < 4.78 is 11.5. The lowest BCUT2D eigenvalue weighted by molar-refractivity contribution is -0.117. The summed E-state index contributed by atoms with van der Waals surface area (Å²) in [6.45, 7) is 2.09. The van der Waals surface area contributed by atoms with E-state index in [4.69, 9.17) is 9.47 Å². The van der Waals surface area contributed by atoms with Crippen molar-refractivity contribution in [3.8, 4) is 5.75 Å². The van der Waals surface area contributed by atoms with Crippen LogP contribution >= 0.6 is 11.3 Å². The van der Waals surface area contributed by atoms with Crippen LogP contribution in [0.1, 0.15) is 42.5 Å². The molecule has 1 atom stereocenters. The summed E-state index contributed by atoms with van der Waals surface area (Å²) >= 11 is 1.64. The number of amides is 1. The molecule has 1 aromatic carbocycles. The Bertz CT molecular complexity index is 707. The largest absolute Gasteiger partial charge is 0.487 e. The van der Waals surface area contributed by atoms with Crippen molar-refractivity contribution < 1.29 is 14.3 Å². The van der Waals surface area contributed by atoms with Gasteiger partial charge in [-0.15, -0.1) is 11.3 Å². The van der Waals surface area contributed by atoms with Gasteiger partial charge in [-0.1, -0.05) is 0 Å². The molecule has 1 amide bonds. The monoisotopic (exact) mass is 344 g/mol. The van der Waals surface area contributed by atoms with Gasteiger partial charge in [0.05, 0.1) is 5.69 Å². The molecule has 0 unspecified atom stereocenters. The van der Waals surface area contributed by atoms with Gasteiger partial charge in [0.1, 0.15) is 23.5 Å². The van der Waals surface area contributed by atoms with Crippen LogP contribution in [0.4, 0.5) is 5.69 Å². The van der Waals surface area contributed by atoms with E-state index in [0.29, 0.717) is 13.0 Å². The van der Waals surface area contributed by atoms with Crippen molar-refractivity contribution >= 4 is 22.9 Å². The summed E-state index contributed by atoms with van der Waals surface area (Å²) in [4.78, 5) is 18.2. The first-order chi connectivity index (χ1) is 11.8. The fraction of sp³-hybridized carbons (Fsp3) is 0.444. The Kier molecular flexibility index (Phi) is 4.49. The van der Waals surface area contributed by atoms with Crippen LogP contribution < -0.4 is 9.64 Å². The lowest BCUT2D eigenvalue weighted by Gasteiger charge is -2.16. The summed E-state index contributed by atoms with van der Waals surface area (Å²) in [7, 11) is 0. The van der Waals surface area contributed by atoms with Gasteiger partial charge in [-0.05, 0) is 43.5 Å². The molecule has 3 heterocycles. The molecule has 2 fully saturated rings. The van der Waals surface area contributed by atoms with Crippen molar-refractivity contribution in [2.45, 2.75) is 38.4 Å². The molecular weight excluding hydrogens is 324 g/mol. The lowest BCUT2D eigenvalue weighted by Crippen LogP contribution is -2.23. The average Bonchev–Trinajstić information content (AvgIpc) is 3.35. The summed E-state index contributed by atoms with van der Waals surface area (Å²) in [5.74, 6) is 0.991. The Hall–Kier alpha value is -1.92. The Morgan fingerprint density at radius 3 is 2.88 bits per heavy atom. The molecule has 1 aromatic heterocycles. The number of ether oxygens (including phenoxy) is 2. The minimum Gasteiger partial charge on any atom is -0.487 e. The normalized spacial score (nSPS) is 20.8. The number of hydrogen-bond donors (Lipinski definition) is 0. The number of anilines is 1. The molecule has 24 heavy (non-hydrogen) atoms. The molecular formula is C18H20N2O3S. The zero-order chi connectivity index (χ0) is 16.4. The number of rotatable bonds is 5. The van der Waals surface area contributed by atoms with Gasteiger partial charge in [-0.2, -0.15) is 0 Å². The minimum atomic E-state index is 0.168. The first-order valence-electron chi connectivity index (χ1n) is 8.39. The molecule has 2 aliphatic rings. The zero-order valence-corrected chi connectivity index (χ0v) is 14.3. The highest BCUT2D eigenvalue weighted by Gasteiger charge is 2.22. The number of carbonyl (C=O) groups excluding carboxylic acids is 1. The highest BCUT2D eigenvalue weighted by atomic mass is 32.1. The second kappa shape index (κ2) is 6.91. The Balaban J connectivity index is 1.35. The van der Waals surface area contributed by atoms with Crippen molar-refractivity contribution in [3.05, 3.63) is 40.3 Å². The van der Waals surface area contributed by atoms with E-state index in [2.05, 4.69) is 4.98 Å². The quantitative estimate of drug-likeness (QED) is 0.830. The maximum atomic E-state index is 11.8. The van der Waals surface area contributed by atoms with Gasteiger partial charge in [-0.3, -0.25) is 4.79 Å². The smallest absolute Gasteiger partial charge is 0.227 e. The predicted molar refractivity (Wildman–Crippen MR) is 92.4 cm³/mol. The number of benzene rings is 1. The molecule has 0 saturated carbocycles.